The lowest BCUT2D eigenvalue weighted by molar-refractivity contribution is 0.251. The molecule has 146 valence electrons. The van der Waals surface area contributed by atoms with E-state index < -0.39 is 0 Å². The molecule has 0 aromatic rings. The zero-order chi connectivity index (χ0) is 18.2. The number of nitrogens with zero attached hydrogens (tertiary/aromatic N) is 2. The van der Waals surface area contributed by atoms with E-state index in [9.17, 15) is 5.11 Å². The Bertz CT molecular complexity index is 365. The van der Waals surface area contributed by atoms with Gasteiger partial charge in [0.2, 0.25) is 0 Å². The Kier molecular flexibility index (Phi) is 13.7. The third-order valence-corrected chi connectivity index (χ3v) is 5.27. The highest BCUT2D eigenvalue weighted by Gasteiger charge is 2.24. The van der Waals surface area contributed by atoms with Crippen molar-refractivity contribution >= 4 is 5.84 Å². The number of hydrogen-bond acceptors (Lipinski definition) is 3. The van der Waals surface area contributed by atoms with E-state index in [0.717, 1.165) is 19.6 Å². The topological polar surface area (TPSA) is 35.8 Å². The average molecular weight is 351 g/mol. The quantitative estimate of drug-likeness (QED) is 0.291. The third kappa shape index (κ3) is 10.0. The van der Waals surface area contributed by atoms with Crippen molar-refractivity contribution in [1.29, 1.82) is 0 Å². The Morgan fingerprint density at radius 1 is 1.04 bits per heavy atom. The fraction of sp³-hybridized carbons (Fsp3) is 0.864. The predicted molar refractivity (Wildman–Crippen MR) is 110 cm³/mol. The Labute approximate surface area is 156 Å². The normalized spacial score (nSPS) is 16.0. The van der Waals surface area contributed by atoms with Gasteiger partial charge in [-0.1, -0.05) is 70.4 Å². The molecule has 0 aromatic heterocycles. The van der Waals surface area contributed by atoms with Crippen LogP contribution >= 0.6 is 0 Å². The molecule has 1 rings (SSSR count). The van der Waals surface area contributed by atoms with Crippen LogP contribution in [0.2, 0.25) is 0 Å². The Morgan fingerprint density at radius 2 is 1.72 bits per heavy atom. The summed E-state index contributed by atoms with van der Waals surface area (Å²) in [7, 11) is 0. The van der Waals surface area contributed by atoms with E-state index in [4.69, 9.17) is 4.99 Å². The molecule has 1 aliphatic heterocycles. The number of allylic oxidation sites excluding steroid dienone is 2. The molecule has 3 nitrogen and oxygen atoms in total. The van der Waals surface area contributed by atoms with Gasteiger partial charge < -0.3 is 10.0 Å². The van der Waals surface area contributed by atoms with E-state index in [0.29, 0.717) is 5.92 Å². The van der Waals surface area contributed by atoms with E-state index >= 15 is 0 Å². The molecule has 1 aliphatic rings. The van der Waals surface area contributed by atoms with Crippen molar-refractivity contribution in [1.82, 2.24) is 4.90 Å². The van der Waals surface area contributed by atoms with Crippen molar-refractivity contribution in [2.45, 2.75) is 90.9 Å². The Hall–Kier alpha value is -0.830. The van der Waals surface area contributed by atoms with E-state index in [1.807, 2.05) is 0 Å². The first kappa shape index (κ1) is 22.2. The number of aliphatic hydroxyl groups excluding tert-OH is 1. The SMILES string of the molecule is C/C=C/CCCCC(CCCCCCCCC)C1=NCCN1CCO. The highest BCUT2D eigenvalue weighted by atomic mass is 16.3. The standard InChI is InChI=1S/C22H42N2O/c1-3-5-7-9-10-12-14-16-21(15-13-11-8-6-4-2)22-23-17-18-24(22)19-20-25/h4,6,21,25H,3,5,7-20H2,1-2H3/b6-4+. The molecule has 0 bridgehead atoms. The molecular formula is C22H42N2O. The second-order valence-corrected chi connectivity index (χ2v) is 7.41. The second-order valence-electron chi connectivity index (χ2n) is 7.41. The fourth-order valence-electron chi connectivity index (χ4n) is 3.80. The molecule has 1 N–H and O–H groups in total. The lowest BCUT2D eigenvalue weighted by Gasteiger charge is -2.26. The van der Waals surface area contributed by atoms with E-state index in [1.54, 1.807) is 0 Å². The monoisotopic (exact) mass is 350 g/mol. The maximum absolute atomic E-state index is 9.31. The van der Waals surface area contributed by atoms with Crippen molar-refractivity contribution in [2.75, 3.05) is 26.2 Å². The van der Waals surface area contributed by atoms with E-state index in [-0.39, 0.29) is 6.61 Å². The molecule has 25 heavy (non-hydrogen) atoms. The first-order valence-corrected chi connectivity index (χ1v) is 10.8. The van der Waals surface area contributed by atoms with Crippen LogP contribution in [-0.4, -0.2) is 42.1 Å². The summed E-state index contributed by atoms with van der Waals surface area (Å²) in [5.74, 6) is 1.90. The highest BCUT2D eigenvalue weighted by molar-refractivity contribution is 5.86. The van der Waals surface area contributed by atoms with Crippen LogP contribution in [0.25, 0.3) is 0 Å². The van der Waals surface area contributed by atoms with Crippen LogP contribution in [0.3, 0.4) is 0 Å². The van der Waals surface area contributed by atoms with Crippen LogP contribution in [-0.2, 0) is 0 Å². The summed E-state index contributed by atoms with van der Waals surface area (Å²) >= 11 is 0. The van der Waals surface area contributed by atoms with Crippen molar-refractivity contribution in [3.8, 4) is 0 Å². The van der Waals surface area contributed by atoms with Crippen LogP contribution in [0.1, 0.15) is 90.9 Å². The maximum atomic E-state index is 9.31. The van der Waals surface area contributed by atoms with Gasteiger partial charge in [0.25, 0.3) is 0 Å². The van der Waals surface area contributed by atoms with E-state index in [1.165, 1.54) is 82.9 Å². The molecule has 0 aliphatic carbocycles. The van der Waals surface area contributed by atoms with Crippen LogP contribution in [0.5, 0.6) is 0 Å². The summed E-state index contributed by atoms with van der Waals surface area (Å²) in [5.41, 5.74) is 0. The van der Waals surface area contributed by atoms with Crippen LogP contribution in [0.15, 0.2) is 17.1 Å². The van der Waals surface area contributed by atoms with Gasteiger partial charge in [0, 0.05) is 19.0 Å². The highest BCUT2D eigenvalue weighted by Crippen LogP contribution is 2.24. The van der Waals surface area contributed by atoms with Gasteiger partial charge in [0.1, 0.15) is 5.84 Å². The van der Waals surface area contributed by atoms with Gasteiger partial charge in [-0.05, 0) is 32.6 Å². The van der Waals surface area contributed by atoms with E-state index in [2.05, 4.69) is 30.9 Å². The summed E-state index contributed by atoms with van der Waals surface area (Å²) in [5, 5.41) is 9.31. The zero-order valence-corrected chi connectivity index (χ0v) is 16.9. The molecule has 0 fully saturated rings. The molecule has 0 saturated carbocycles. The summed E-state index contributed by atoms with van der Waals surface area (Å²) in [6.45, 7) is 7.30. The first-order chi connectivity index (χ1) is 12.3. The number of aliphatic imine (C=N–C) groups is 1. The molecule has 0 saturated heterocycles. The van der Waals surface area contributed by atoms with Gasteiger partial charge in [0.15, 0.2) is 0 Å². The number of amidine groups is 1. The number of aliphatic hydroxyl groups is 1. The van der Waals surface area contributed by atoms with Crippen LogP contribution < -0.4 is 0 Å². The first-order valence-electron chi connectivity index (χ1n) is 10.8. The van der Waals surface area contributed by atoms with Gasteiger partial charge in [-0.2, -0.15) is 0 Å². The molecule has 1 heterocycles. The number of hydrogen-bond donors (Lipinski definition) is 1. The minimum atomic E-state index is 0.241. The maximum Gasteiger partial charge on any atom is 0.102 e. The molecule has 3 heteroatoms. The lowest BCUT2D eigenvalue weighted by Crippen LogP contribution is -2.35. The second kappa shape index (κ2) is 15.4. The third-order valence-electron chi connectivity index (χ3n) is 5.27. The van der Waals surface area contributed by atoms with Gasteiger partial charge in [-0.15, -0.1) is 0 Å². The van der Waals surface area contributed by atoms with Crippen molar-refractivity contribution in [2.24, 2.45) is 10.9 Å². The lowest BCUT2D eigenvalue weighted by atomic mass is 9.92. The minimum absolute atomic E-state index is 0.241. The summed E-state index contributed by atoms with van der Waals surface area (Å²) in [6.07, 6.45) is 20.3. The van der Waals surface area contributed by atoms with Gasteiger partial charge in [-0.25, -0.2) is 0 Å². The number of β-amino-alcohol motifs (C(OH)–C–C–N with tert-alkyl or cyclic N) is 1. The zero-order valence-electron chi connectivity index (χ0n) is 16.9. The van der Waals surface area contributed by atoms with Crippen molar-refractivity contribution in [3.05, 3.63) is 12.2 Å². The van der Waals surface area contributed by atoms with Crippen molar-refractivity contribution < 1.29 is 5.11 Å². The summed E-state index contributed by atoms with van der Waals surface area (Å²) in [4.78, 5) is 7.14. The van der Waals surface area contributed by atoms with Crippen LogP contribution in [0, 0.1) is 5.92 Å². The average Bonchev–Trinajstić information content (AvgIpc) is 3.07. The molecule has 1 atom stereocenters. The summed E-state index contributed by atoms with van der Waals surface area (Å²) < 4.78 is 0. The minimum Gasteiger partial charge on any atom is -0.395 e. The summed E-state index contributed by atoms with van der Waals surface area (Å²) in [6, 6.07) is 0. The molecule has 1 unspecified atom stereocenters. The van der Waals surface area contributed by atoms with Gasteiger partial charge >= 0.3 is 0 Å². The molecule has 0 aromatic carbocycles. The smallest absolute Gasteiger partial charge is 0.102 e. The molecular weight excluding hydrogens is 308 g/mol. The number of unbranched alkanes of at least 4 members (excludes halogenated alkanes) is 8. The van der Waals surface area contributed by atoms with Gasteiger partial charge in [-0.3, -0.25) is 4.99 Å². The molecule has 0 amide bonds. The molecule has 0 spiro atoms. The number of rotatable bonds is 16. The molecule has 0 radical (unpaired) electrons. The van der Waals surface area contributed by atoms with Crippen molar-refractivity contribution in [3.63, 3.8) is 0 Å². The Morgan fingerprint density at radius 3 is 2.40 bits per heavy atom. The van der Waals surface area contributed by atoms with Crippen LogP contribution in [0.4, 0.5) is 0 Å². The Balaban J connectivity index is 2.36. The fourth-order valence-corrected chi connectivity index (χ4v) is 3.80. The predicted octanol–water partition coefficient (Wildman–Crippen LogP) is 5.59. The van der Waals surface area contributed by atoms with Gasteiger partial charge in [0.05, 0.1) is 13.2 Å². The largest absolute Gasteiger partial charge is 0.395 e.